The van der Waals surface area contributed by atoms with Gasteiger partial charge < -0.3 is 15.4 Å². The molecule has 0 bridgehead atoms. The van der Waals surface area contributed by atoms with Gasteiger partial charge in [-0.15, -0.1) is 0 Å². The molecule has 1 fully saturated rings. The van der Waals surface area contributed by atoms with E-state index in [-0.39, 0.29) is 53.8 Å². The van der Waals surface area contributed by atoms with Crippen LogP contribution in [0, 0.1) is 5.82 Å². The Hall–Kier alpha value is -3.56. The Morgan fingerprint density at radius 3 is 2.68 bits per heavy atom. The number of alkyl halides is 1. The maximum Gasteiger partial charge on any atom is 0.407 e. The van der Waals surface area contributed by atoms with Gasteiger partial charge in [-0.05, 0) is 45.4 Å². The van der Waals surface area contributed by atoms with Crippen LogP contribution in [0.5, 0.6) is 0 Å². The smallest absolute Gasteiger partial charge is 0.407 e. The van der Waals surface area contributed by atoms with Crippen molar-refractivity contribution in [2.24, 2.45) is 0 Å². The molecule has 0 radical (unpaired) electrons. The largest absolute Gasteiger partial charge is 0.453 e. The Labute approximate surface area is 241 Å². The molecule has 0 aliphatic carbocycles. The highest BCUT2D eigenvalue weighted by atomic mass is 35.5. The predicted octanol–water partition coefficient (Wildman–Crippen LogP) is 4.24. The molecule has 1 saturated heterocycles. The molecule has 3 aromatic rings. The van der Waals surface area contributed by atoms with E-state index in [1.54, 1.807) is 23.9 Å². The number of carbonyl (C=O) groups excluding carboxylic acids is 1. The van der Waals surface area contributed by atoms with Gasteiger partial charge in [-0.2, -0.15) is 17.8 Å². The standard InChI is InChI=1S/C25H31ClF2N8O4S/c1-14(2)36-13-19(23(33-36)20-5-7-29-24(32-20)30-11-15(3)31-25(37)40-4)18-9-16(26)10-21(22(18)28)34-41(38,39)35-8-6-17(27)12-35/h5,7,9-10,13-15,17,34H,6,8,11-12H2,1-4H3,(H,31,37)(H,29,30,32)/t15-,17-/m0/s1. The highest BCUT2D eigenvalue weighted by Gasteiger charge is 2.32. The first-order valence-corrected chi connectivity index (χ1v) is 14.6. The summed E-state index contributed by atoms with van der Waals surface area (Å²) in [6.45, 7) is 5.52. The molecule has 3 heterocycles. The highest BCUT2D eigenvalue weighted by molar-refractivity contribution is 7.90. The van der Waals surface area contributed by atoms with Crippen molar-refractivity contribution in [1.29, 1.82) is 0 Å². The van der Waals surface area contributed by atoms with E-state index in [0.29, 0.717) is 23.5 Å². The first-order chi connectivity index (χ1) is 19.4. The second-order valence-corrected chi connectivity index (χ2v) is 11.9. The van der Waals surface area contributed by atoms with Crippen molar-refractivity contribution in [2.45, 2.75) is 45.4 Å². The molecule has 1 aromatic carbocycles. The molecule has 0 unspecified atom stereocenters. The molecule has 1 amide bonds. The van der Waals surface area contributed by atoms with E-state index in [2.05, 4.69) is 35.2 Å². The number of carbonyl (C=O) groups is 1. The van der Waals surface area contributed by atoms with Gasteiger partial charge >= 0.3 is 16.3 Å². The minimum Gasteiger partial charge on any atom is -0.453 e. The zero-order valence-electron chi connectivity index (χ0n) is 22.9. The number of aromatic nitrogens is 4. The predicted molar refractivity (Wildman–Crippen MR) is 151 cm³/mol. The average molecular weight is 613 g/mol. The van der Waals surface area contributed by atoms with Crippen LogP contribution in [0.25, 0.3) is 22.5 Å². The Kier molecular flexibility index (Phi) is 9.29. The van der Waals surface area contributed by atoms with E-state index < -0.39 is 28.3 Å². The summed E-state index contributed by atoms with van der Waals surface area (Å²) in [5.41, 5.74) is 0.591. The van der Waals surface area contributed by atoms with Crippen molar-refractivity contribution in [2.75, 3.05) is 36.8 Å². The van der Waals surface area contributed by atoms with Crippen LogP contribution in [-0.2, 0) is 14.9 Å². The number of alkyl carbamates (subject to hydrolysis) is 1. The van der Waals surface area contributed by atoms with Crippen LogP contribution in [0.15, 0.2) is 30.6 Å². The van der Waals surface area contributed by atoms with Crippen molar-refractivity contribution < 1.29 is 26.7 Å². The summed E-state index contributed by atoms with van der Waals surface area (Å²) in [4.78, 5) is 20.2. The number of rotatable bonds is 10. The normalized spacial score (nSPS) is 16.5. The first-order valence-electron chi connectivity index (χ1n) is 12.8. The third-order valence-corrected chi connectivity index (χ3v) is 7.98. The summed E-state index contributed by atoms with van der Waals surface area (Å²) in [5.74, 6) is -0.642. The van der Waals surface area contributed by atoms with Crippen molar-refractivity contribution in [3.05, 3.63) is 41.4 Å². The zero-order valence-corrected chi connectivity index (χ0v) is 24.4. The first kappa shape index (κ1) is 30.4. The third kappa shape index (κ3) is 7.21. The minimum atomic E-state index is -4.22. The number of anilines is 2. The van der Waals surface area contributed by atoms with Crippen LogP contribution < -0.4 is 15.4 Å². The lowest BCUT2D eigenvalue weighted by Gasteiger charge is -2.18. The SMILES string of the molecule is COC(=O)N[C@@H](C)CNc1nccc(-c2nn(C(C)C)cc2-c2cc(Cl)cc(NS(=O)(=O)N3CC[C@H](F)C3)c2F)n1. The molecular formula is C25H31ClF2N8O4S. The summed E-state index contributed by atoms with van der Waals surface area (Å²) in [6, 6.07) is 3.73. The van der Waals surface area contributed by atoms with Crippen molar-refractivity contribution in [1.82, 2.24) is 29.4 Å². The Bertz CT molecular complexity index is 1520. The lowest BCUT2D eigenvalue weighted by atomic mass is 10.0. The van der Waals surface area contributed by atoms with Gasteiger partial charge in [0.15, 0.2) is 5.82 Å². The topological polar surface area (TPSA) is 143 Å². The fourth-order valence-corrected chi connectivity index (χ4v) is 5.62. The summed E-state index contributed by atoms with van der Waals surface area (Å²) in [7, 11) is -2.95. The van der Waals surface area contributed by atoms with Gasteiger partial charge in [0.25, 0.3) is 0 Å². The van der Waals surface area contributed by atoms with Gasteiger partial charge in [0.2, 0.25) is 5.95 Å². The molecule has 3 N–H and O–H groups in total. The fraction of sp³-hybridized carbons (Fsp3) is 0.440. The van der Waals surface area contributed by atoms with Crippen LogP contribution in [0.1, 0.15) is 33.2 Å². The van der Waals surface area contributed by atoms with Crippen LogP contribution in [-0.4, -0.2) is 77.5 Å². The molecule has 1 aliphatic rings. The van der Waals surface area contributed by atoms with Gasteiger partial charge in [-0.1, -0.05) is 11.6 Å². The van der Waals surface area contributed by atoms with Gasteiger partial charge in [0, 0.05) is 60.3 Å². The van der Waals surface area contributed by atoms with Gasteiger partial charge in [0.05, 0.1) is 18.5 Å². The number of benzene rings is 1. The number of nitrogens with one attached hydrogen (secondary N) is 3. The second kappa shape index (κ2) is 12.5. The molecule has 41 heavy (non-hydrogen) atoms. The van der Waals surface area contributed by atoms with Crippen molar-refractivity contribution in [3.63, 3.8) is 0 Å². The second-order valence-electron chi connectivity index (χ2n) is 9.81. The molecule has 1 aliphatic heterocycles. The van der Waals surface area contributed by atoms with E-state index in [4.69, 9.17) is 11.6 Å². The van der Waals surface area contributed by atoms with Gasteiger partial charge in [-0.3, -0.25) is 9.40 Å². The van der Waals surface area contributed by atoms with Crippen LogP contribution in [0.2, 0.25) is 5.02 Å². The summed E-state index contributed by atoms with van der Waals surface area (Å²) < 4.78 is 64.6. The molecular weight excluding hydrogens is 582 g/mol. The molecule has 12 nitrogen and oxygen atoms in total. The molecule has 222 valence electrons. The number of hydrogen-bond donors (Lipinski definition) is 3. The lowest BCUT2D eigenvalue weighted by molar-refractivity contribution is 0.168. The minimum absolute atomic E-state index is 0.00842. The molecule has 16 heteroatoms. The Balaban J connectivity index is 1.69. The molecule has 0 spiro atoms. The molecule has 2 aromatic heterocycles. The van der Waals surface area contributed by atoms with Gasteiger partial charge in [0.1, 0.15) is 11.9 Å². The number of hydrogen-bond acceptors (Lipinski definition) is 8. The van der Waals surface area contributed by atoms with Crippen LogP contribution in [0.4, 0.5) is 25.2 Å². The van der Waals surface area contributed by atoms with E-state index >= 15 is 4.39 Å². The number of halogens is 3. The number of nitrogens with zero attached hydrogens (tertiary/aromatic N) is 5. The van der Waals surface area contributed by atoms with E-state index in [0.717, 1.165) is 10.4 Å². The van der Waals surface area contributed by atoms with Crippen LogP contribution >= 0.6 is 11.6 Å². The quantitative estimate of drug-likeness (QED) is 0.309. The molecule has 4 rings (SSSR count). The fourth-order valence-electron chi connectivity index (χ4n) is 4.14. The van der Waals surface area contributed by atoms with Gasteiger partial charge in [-0.25, -0.2) is 23.5 Å². The van der Waals surface area contributed by atoms with Crippen molar-refractivity contribution in [3.8, 4) is 22.5 Å². The zero-order chi connectivity index (χ0) is 29.9. The maximum absolute atomic E-state index is 16.0. The Morgan fingerprint density at radius 2 is 2.02 bits per heavy atom. The Morgan fingerprint density at radius 1 is 1.27 bits per heavy atom. The average Bonchev–Trinajstić information content (AvgIpc) is 3.57. The highest BCUT2D eigenvalue weighted by Crippen LogP contribution is 2.38. The van der Waals surface area contributed by atoms with Crippen molar-refractivity contribution >= 4 is 39.5 Å². The maximum atomic E-state index is 16.0. The molecule has 0 saturated carbocycles. The summed E-state index contributed by atoms with van der Waals surface area (Å²) in [5, 5.41) is 10.3. The van der Waals surface area contributed by atoms with Crippen LogP contribution in [0.3, 0.4) is 0 Å². The summed E-state index contributed by atoms with van der Waals surface area (Å²) in [6.07, 6.45) is 1.34. The number of ether oxygens (including phenoxy) is 1. The molecule has 2 atom stereocenters. The summed E-state index contributed by atoms with van der Waals surface area (Å²) >= 11 is 6.32. The van der Waals surface area contributed by atoms with E-state index in [1.165, 1.54) is 19.4 Å². The monoisotopic (exact) mass is 612 g/mol. The number of amides is 1. The number of methoxy groups -OCH3 is 1. The van der Waals surface area contributed by atoms with E-state index in [9.17, 15) is 17.6 Å². The lowest BCUT2D eigenvalue weighted by Crippen LogP contribution is -2.37. The van der Waals surface area contributed by atoms with E-state index in [1.807, 2.05) is 13.8 Å². The third-order valence-electron chi connectivity index (χ3n) is 6.28.